The third-order valence-corrected chi connectivity index (χ3v) is 3.57. The second-order valence-electron chi connectivity index (χ2n) is 6.23. The Kier molecular flexibility index (Phi) is 3.43. The number of nitrogen functional groups attached to an aromatic ring is 1. The molecule has 0 aromatic carbocycles. The van der Waals surface area contributed by atoms with Crippen molar-refractivity contribution in [2.45, 2.75) is 57.5 Å². The minimum atomic E-state index is -0.953. The second-order valence-corrected chi connectivity index (χ2v) is 6.23. The van der Waals surface area contributed by atoms with Crippen molar-refractivity contribution >= 4 is 11.9 Å². The quantitative estimate of drug-likeness (QED) is 0.764. The van der Waals surface area contributed by atoms with Crippen LogP contribution in [0.15, 0.2) is 6.07 Å². The Morgan fingerprint density at radius 3 is 2.74 bits per heavy atom. The summed E-state index contributed by atoms with van der Waals surface area (Å²) in [6.45, 7) is 6.18. The molecule has 1 aliphatic carbocycles. The zero-order valence-electron chi connectivity index (χ0n) is 11.7. The maximum Gasteiger partial charge on any atom is 0.404 e. The number of nitrogens with two attached hydrogens (primary N) is 1. The molecule has 1 aromatic heterocycles. The van der Waals surface area contributed by atoms with Crippen molar-refractivity contribution in [2.24, 2.45) is 0 Å². The van der Waals surface area contributed by atoms with Crippen LogP contribution >= 0.6 is 0 Å². The first-order valence-electron chi connectivity index (χ1n) is 6.62. The van der Waals surface area contributed by atoms with Crippen LogP contribution in [0.5, 0.6) is 0 Å². The lowest BCUT2D eigenvalue weighted by Gasteiger charge is -2.20. The third-order valence-electron chi connectivity index (χ3n) is 3.57. The van der Waals surface area contributed by atoms with Gasteiger partial charge in [0.15, 0.2) is 0 Å². The Bertz CT molecular complexity index is 475. The van der Waals surface area contributed by atoms with E-state index >= 15 is 0 Å². The highest BCUT2D eigenvalue weighted by Crippen LogP contribution is 2.35. The van der Waals surface area contributed by atoms with Crippen molar-refractivity contribution in [3.05, 3.63) is 11.8 Å². The van der Waals surface area contributed by atoms with E-state index in [9.17, 15) is 4.79 Å². The van der Waals surface area contributed by atoms with Gasteiger partial charge in [-0.05, 0) is 40.0 Å². The highest BCUT2D eigenvalue weighted by atomic mass is 16.4. The van der Waals surface area contributed by atoms with Crippen LogP contribution in [0.4, 0.5) is 10.6 Å². The summed E-state index contributed by atoms with van der Waals surface area (Å²) in [5.41, 5.74) is 6.84. The van der Waals surface area contributed by atoms with Gasteiger partial charge < -0.3 is 16.2 Å². The molecule has 2 rings (SSSR count). The topological polar surface area (TPSA) is 93.2 Å². The number of anilines is 1. The fourth-order valence-electron chi connectivity index (χ4n) is 2.71. The number of amides is 1. The maximum absolute atomic E-state index is 10.6. The van der Waals surface area contributed by atoms with Gasteiger partial charge in [-0.25, -0.2) is 9.48 Å². The van der Waals surface area contributed by atoms with Gasteiger partial charge in [-0.2, -0.15) is 5.10 Å². The number of carboxylic acid groups (broad SMARTS) is 1. The van der Waals surface area contributed by atoms with Gasteiger partial charge in [0, 0.05) is 18.0 Å². The van der Waals surface area contributed by atoms with E-state index in [4.69, 9.17) is 10.8 Å². The summed E-state index contributed by atoms with van der Waals surface area (Å²) in [5.74, 6) is 0.958. The number of rotatable bonds is 2. The second kappa shape index (κ2) is 4.75. The van der Waals surface area contributed by atoms with Crippen molar-refractivity contribution < 1.29 is 9.90 Å². The molecule has 19 heavy (non-hydrogen) atoms. The number of nitrogens with one attached hydrogen (secondary N) is 1. The number of hydrogen-bond acceptors (Lipinski definition) is 3. The smallest absolute Gasteiger partial charge is 0.404 e. The molecule has 4 N–H and O–H groups in total. The third kappa shape index (κ3) is 3.00. The number of aromatic nitrogens is 2. The minimum absolute atomic E-state index is 0.0310. The largest absolute Gasteiger partial charge is 0.465 e. The molecule has 1 fully saturated rings. The normalized spacial score (nSPS) is 23.5. The van der Waals surface area contributed by atoms with E-state index in [1.54, 1.807) is 0 Å². The zero-order valence-corrected chi connectivity index (χ0v) is 11.7. The molecule has 1 amide bonds. The average Bonchev–Trinajstić information content (AvgIpc) is 2.82. The summed E-state index contributed by atoms with van der Waals surface area (Å²) >= 11 is 0. The van der Waals surface area contributed by atoms with Crippen LogP contribution in [0.3, 0.4) is 0 Å². The predicted octanol–water partition coefficient (Wildman–Crippen LogP) is 2.12. The zero-order chi connectivity index (χ0) is 14.2. The Morgan fingerprint density at radius 1 is 1.53 bits per heavy atom. The SMILES string of the molecule is CC(C)(C)n1nc([C@H]2CC[C@@H](NC(=O)O)C2)cc1N. The van der Waals surface area contributed by atoms with Gasteiger partial charge in [0.05, 0.1) is 11.2 Å². The van der Waals surface area contributed by atoms with E-state index in [0.29, 0.717) is 11.7 Å². The van der Waals surface area contributed by atoms with E-state index < -0.39 is 6.09 Å². The number of nitrogens with zero attached hydrogens (tertiary/aromatic N) is 2. The summed E-state index contributed by atoms with van der Waals surface area (Å²) in [5, 5.41) is 15.9. The Hall–Kier alpha value is -1.72. The number of hydrogen-bond donors (Lipinski definition) is 3. The van der Waals surface area contributed by atoms with Crippen molar-refractivity contribution in [3.63, 3.8) is 0 Å². The Balaban J connectivity index is 2.10. The van der Waals surface area contributed by atoms with Crippen molar-refractivity contribution in [3.8, 4) is 0 Å². The first-order chi connectivity index (χ1) is 8.77. The summed E-state index contributed by atoms with van der Waals surface area (Å²) in [4.78, 5) is 10.6. The summed E-state index contributed by atoms with van der Waals surface area (Å²) < 4.78 is 1.83. The molecule has 0 saturated heterocycles. The molecule has 6 nitrogen and oxygen atoms in total. The molecule has 1 heterocycles. The predicted molar refractivity (Wildman–Crippen MR) is 73.2 cm³/mol. The molecular weight excluding hydrogens is 244 g/mol. The van der Waals surface area contributed by atoms with Crippen molar-refractivity contribution in [1.29, 1.82) is 0 Å². The molecular formula is C13H22N4O2. The van der Waals surface area contributed by atoms with Crippen LogP contribution in [-0.2, 0) is 5.54 Å². The molecule has 2 atom stereocenters. The van der Waals surface area contributed by atoms with Gasteiger partial charge in [0.1, 0.15) is 5.82 Å². The van der Waals surface area contributed by atoms with E-state index in [-0.39, 0.29) is 11.6 Å². The van der Waals surface area contributed by atoms with Crippen molar-refractivity contribution in [1.82, 2.24) is 15.1 Å². The van der Waals surface area contributed by atoms with Gasteiger partial charge in [-0.15, -0.1) is 0 Å². The Morgan fingerprint density at radius 2 is 2.21 bits per heavy atom. The summed E-state index contributed by atoms with van der Waals surface area (Å²) in [7, 11) is 0. The fourth-order valence-corrected chi connectivity index (χ4v) is 2.71. The molecule has 1 aliphatic rings. The van der Waals surface area contributed by atoms with Crippen LogP contribution in [0.2, 0.25) is 0 Å². The van der Waals surface area contributed by atoms with Gasteiger partial charge in [-0.3, -0.25) is 0 Å². The highest BCUT2D eigenvalue weighted by Gasteiger charge is 2.30. The molecule has 6 heteroatoms. The van der Waals surface area contributed by atoms with Crippen LogP contribution in [0, 0.1) is 0 Å². The van der Waals surface area contributed by atoms with Crippen LogP contribution in [0.25, 0.3) is 0 Å². The van der Waals surface area contributed by atoms with Gasteiger partial charge in [0.2, 0.25) is 0 Å². The van der Waals surface area contributed by atoms with Gasteiger partial charge in [-0.1, -0.05) is 0 Å². The molecule has 0 unspecified atom stereocenters. The van der Waals surface area contributed by atoms with Crippen LogP contribution in [0.1, 0.15) is 51.6 Å². The van der Waals surface area contributed by atoms with Gasteiger partial charge in [0.25, 0.3) is 0 Å². The van der Waals surface area contributed by atoms with E-state index in [2.05, 4.69) is 31.2 Å². The molecule has 0 spiro atoms. The molecule has 0 aliphatic heterocycles. The first kappa shape index (κ1) is 13.7. The highest BCUT2D eigenvalue weighted by molar-refractivity contribution is 5.64. The molecule has 1 saturated carbocycles. The van der Waals surface area contributed by atoms with E-state index in [0.717, 1.165) is 25.0 Å². The van der Waals surface area contributed by atoms with Gasteiger partial charge >= 0.3 is 6.09 Å². The Labute approximate surface area is 113 Å². The lowest BCUT2D eigenvalue weighted by Crippen LogP contribution is -2.31. The monoisotopic (exact) mass is 266 g/mol. The standard InChI is InChI=1S/C13H22N4O2/c1-13(2,3)17-11(14)7-10(16-17)8-4-5-9(6-8)15-12(18)19/h7-9,15H,4-6,14H2,1-3H3,(H,18,19)/t8-,9+/m0/s1. The van der Waals surface area contributed by atoms with E-state index in [1.807, 2.05) is 10.7 Å². The minimum Gasteiger partial charge on any atom is -0.465 e. The molecule has 0 radical (unpaired) electrons. The number of carbonyl (C=O) groups is 1. The van der Waals surface area contributed by atoms with Crippen LogP contribution < -0.4 is 11.1 Å². The average molecular weight is 266 g/mol. The fraction of sp³-hybridized carbons (Fsp3) is 0.692. The summed E-state index contributed by atoms with van der Waals surface area (Å²) in [6.07, 6.45) is 1.66. The first-order valence-corrected chi connectivity index (χ1v) is 6.62. The lowest BCUT2D eigenvalue weighted by molar-refractivity contribution is 0.190. The molecule has 0 bridgehead atoms. The molecule has 106 valence electrons. The lowest BCUT2D eigenvalue weighted by atomic mass is 10.0. The maximum atomic E-state index is 10.6. The van der Waals surface area contributed by atoms with Crippen LogP contribution in [-0.4, -0.2) is 27.0 Å². The van der Waals surface area contributed by atoms with Crippen molar-refractivity contribution in [2.75, 3.05) is 5.73 Å². The molecule has 1 aromatic rings. The van der Waals surface area contributed by atoms with E-state index in [1.165, 1.54) is 0 Å². The summed E-state index contributed by atoms with van der Waals surface area (Å²) in [6, 6.07) is 1.95.